The van der Waals surface area contributed by atoms with E-state index in [1.54, 1.807) is 24.4 Å². The molecule has 0 atom stereocenters. The van der Waals surface area contributed by atoms with Gasteiger partial charge < -0.3 is 10.2 Å². The molecule has 0 fully saturated rings. The highest BCUT2D eigenvalue weighted by atomic mass is 19.1. The zero-order valence-electron chi connectivity index (χ0n) is 13.7. The molecule has 7 heteroatoms. The molecule has 1 aromatic heterocycles. The molecule has 2 rings (SSSR count). The van der Waals surface area contributed by atoms with E-state index in [1.165, 1.54) is 6.07 Å². The van der Waals surface area contributed by atoms with Crippen molar-refractivity contribution in [2.24, 2.45) is 11.1 Å². The van der Waals surface area contributed by atoms with Crippen LogP contribution in [0.5, 0.6) is 6.01 Å². The average molecular weight is 334 g/mol. The molecule has 0 aliphatic rings. The average Bonchev–Trinajstić information content (AvgIpc) is 2.55. The number of anilines is 1. The lowest BCUT2D eigenvalue weighted by molar-refractivity contribution is 0.312. The Bertz CT molecular complexity index is 692. The predicted octanol–water partition coefficient (Wildman–Crippen LogP) is 4.17. The van der Waals surface area contributed by atoms with Gasteiger partial charge in [-0.2, -0.15) is 9.97 Å². The maximum absolute atomic E-state index is 13.7. The molecule has 0 saturated heterocycles. The molecule has 128 valence electrons. The predicted molar refractivity (Wildman–Crippen MR) is 88.9 cm³/mol. The van der Waals surface area contributed by atoms with Crippen LogP contribution in [-0.4, -0.2) is 16.2 Å². The monoisotopic (exact) mass is 334 g/mol. The van der Waals surface area contributed by atoms with Crippen LogP contribution in [0, 0.1) is 17.6 Å². The Labute approximate surface area is 139 Å². The van der Waals surface area contributed by atoms with Crippen molar-refractivity contribution in [3.05, 3.63) is 47.7 Å². The van der Waals surface area contributed by atoms with Crippen LogP contribution in [0.4, 0.5) is 14.6 Å². The van der Waals surface area contributed by atoms with E-state index in [9.17, 15) is 8.78 Å². The third kappa shape index (κ3) is 5.57. The Balaban J connectivity index is 1.94. The number of nitrogens with zero attached hydrogens (tertiary/aromatic N) is 3. The van der Waals surface area contributed by atoms with Crippen molar-refractivity contribution < 1.29 is 13.6 Å². The second kappa shape index (κ2) is 8.90. The fourth-order valence-electron chi connectivity index (χ4n) is 1.88. The summed E-state index contributed by atoms with van der Waals surface area (Å²) >= 11 is 0. The van der Waals surface area contributed by atoms with Gasteiger partial charge in [0.25, 0.3) is 0 Å². The van der Waals surface area contributed by atoms with Crippen LogP contribution in [0.2, 0.25) is 0 Å². The molecule has 5 nitrogen and oxygen atoms in total. The van der Waals surface area contributed by atoms with Crippen LogP contribution in [0.3, 0.4) is 0 Å². The number of hydrogen-bond acceptors (Lipinski definition) is 5. The van der Waals surface area contributed by atoms with Crippen LogP contribution in [0.25, 0.3) is 0 Å². The lowest BCUT2D eigenvalue weighted by atomic mass is 10.1. The van der Waals surface area contributed by atoms with Gasteiger partial charge in [-0.25, -0.2) is 8.78 Å². The Morgan fingerprint density at radius 2 is 2.04 bits per heavy atom. The molecular weight excluding hydrogens is 314 g/mol. The molecule has 0 bridgehead atoms. The summed E-state index contributed by atoms with van der Waals surface area (Å²) in [6.45, 7) is 4.33. The first-order valence-corrected chi connectivity index (χ1v) is 7.75. The van der Waals surface area contributed by atoms with Gasteiger partial charge in [0, 0.05) is 18.3 Å². The van der Waals surface area contributed by atoms with Gasteiger partial charge in [0.2, 0.25) is 0 Å². The molecule has 0 amide bonds. The van der Waals surface area contributed by atoms with Crippen molar-refractivity contribution in [3.63, 3.8) is 0 Å². The van der Waals surface area contributed by atoms with E-state index in [4.69, 9.17) is 4.84 Å². The van der Waals surface area contributed by atoms with Gasteiger partial charge in [-0.15, -0.1) is 0 Å². The highest BCUT2D eigenvalue weighted by Crippen LogP contribution is 2.15. The number of aromatic nitrogens is 2. The molecule has 0 spiro atoms. The number of rotatable bonds is 8. The van der Waals surface area contributed by atoms with Crippen molar-refractivity contribution in [2.45, 2.75) is 33.2 Å². The van der Waals surface area contributed by atoms with Gasteiger partial charge >= 0.3 is 6.01 Å². The summed E-state index contributed by atoms with van der Waals surface area (Å²) in [4.78, 5) is 12.6. The largest absolute Gasteiger partial charge is 0.363 e. The second-order valence-electron chi connectivity index (χ2n) is 5.64. The van der Waals surface area contributed by atoms with E-state index in [1.807, 2.05) is 0 Å². The van der Waals surface area contributed by atoms with Gasteiger partial charge in [-0.05, 0) is 24.8 Å². The van der Waals surface area contributed by atoms with Gasteiger partial charge in [0.1, 0.15) is 5.82 Å². The summed E-state index contributed by atoms with van der Waals surface area (Å²) < 4.78 is 27.3. The topological polar surface area (TPSA) is 59.4 Å². The van der Waals surface area contributed by atoms with E-state index >= 15 is 0 Å². The number of oxime groups is 1. The van der Waals surface area contributed by atoms with E-state index in [0.717, 1.165) is 19.0 Å². The SMILES string of the molecule is CC(C)CC/C=N/Oc1ncc(F)c(NCc2ccccc2F)n1. The first-order chi connectivity index (χ1) is 11.6. The van der Waals surface area contributed by atoms with Crippen molar-refractivity contribution >= 4 is 12.0 Å². The minimum Gasteiger partial charge on any atom is -0.363 e. The smallest absolute Gasteiger partial charge is 0.347 e. The maximum atomic E-state index is 13.7. The number of nitrogens with one attached hydrogen (secondary N) is 1. The van der Waals surface area contributed by atoms with E-state index in [2.05, 4.69) is 34.3 Å². The molecule has 0 unspecified atom stereocenters. The molecule has 2 aromatic rings. The van der Waals surface area contributed by atoms with Gasteiger partial charge in [0.15, 0.2) is 11.6 Å². The number of hydrogen-bond donors (Lipinski definition) is 1. The first kappa shape index (κ1) is 17.8. The van der Waals surface area contributed by atoms with E-state index in [-0.39, 0.29) is 24.2 Å². The normalized spacial score (nSPS) is 11.2. The molecular formula is C17H20F2N4O. The summed E-state index contributed by atoms with van der Waals surface area (Å²) in [5.41, 5.74) is 0.407. The molecule has 1 N–H and O–H groups in total. The molecule has 0 radical (unpaired) electrons. The molecule has 0 aliphatic carbocycles. The van der Waals surface area contributed by atoms with Crippen LogP contribution in [0.1, 0.15) is 32.3 Å². The third-order valence-corrected chi connectivity index (χ3v) is 3.21. The summed E-state index contributed by atoms with van der Waals surface area (Å²) in [6, 6.07) is 6.17. The Morgan fingerprint density at radius 3 is 2.79 bits per heavy atom. The quantitative estimate of drug-likeness (QED) is 0.581. The summed E-state index contributed by atoms with van der Waals surface area (Å²) in [5.74, 6) is -0.512. The second-order valence-corrected chi connectivity index (χ2v) is 5.64. The van der Waals surface area contributed by atoms with Crippen molar-refractivity contribution in [1.82, 2.24) is 9.97 Å². The van der Waals surface area contributed by atoms with Crippen molar-refractivity contribution in [3.8, 4) is 6.01 Å². The fourth-order valence-corrected chi connectivity index (χ4v) is 1.88. The zero-order chi connectivity index (χ0) is 17.4. The van der Waals surface area contributed by atoms with Crippen LogP contribution in [0.15, 0.2) is 35.6 Å². The third-order valence-electron chi connectivity index (χ3n) is 3.21. The standard InChI is InChI=1S/C17H20F2N4O/c1-12(2)6-5-9-22-24-17-21-11-15(19)16(23-17)20-10-13-7-3-4-8-14(13)18/h3-4,7-9,11-12H,5-6,10H2,1-2H3,(H,20,21,23)/b22-9+. The molecule has 1 heterocycles. The molecule has 0 saturated carbocycles. The lowest BCUT2D eigenvalue weighted by Gasteiger charge is -2.08. The van der Waals surface area contributed by atoms with Crippen LogP contribution in [-0.2, 0) is 6.54 Å². The van der Waals surface area contributed by atoms with Crippen molar-refractivity contribution in [1.29, 1.82) is 0 Å². The molecule has 0 aliphatic heterocycles. The first-order valence-electron chi connectivity index (χ1n) is 7.75. The Kier molecular flexibility index (Phi) is 6.60. The van der Waals surface area contributed by atoms with Crippen LogP contribution >= 0.6 is 0 Å². The number of benzene rings is 1. The number of halogens is 2. The van der Waals surface area contributed by atoms with E-state index in [0.29, 0.717) is 11.5 Å². The fraction of sp³-hybridized carbons (Fsp3) is 0.353. The lowest BCUT2D eigenvalue weighted by Crippen LogP contribution is -2.06. The molecule has 24 heavy (non-hydrogen) atoms. The Morgan fingerprint density at radius 1 is 1.25 bits per heavy atom. The van der Waals surface area contributed by atoms with Crippen LogP contribution < -0.4 is 10.2 Å². The molecule has 1 aromatic carbocycles. The Hall–Kier alpha value is -2.57. The summed E-state index contributed by atoms with van der Waals surface area (Å²) in [7, 11) is 0. The summed E-state index contributed by atoms with van der Waals surface area (Å²) in [5, 5.41) is 6.49. The minimum atomic E-state index is -0.650. The van der Waals surface area contributed by atoms with Crippen molar-refractivity contribution in [2.75, 3.05) is 5.32 Å². The summed E-state index contributed by atoms with van der Waals surface area (Å²) in [6.07, 6.45) is 4.37. The zero-order valence-corrected chi connectivity index (χ0v) is 13.7. The van der Waals surface area contributed by atoms with Gasteiger partial charge in [-0.3, -0.25) is 0 Å². The van der Waals surface area contributed by atoms with Gasteiger partial charge in [0.05, 0.1) is 6.20 Å². The highest BCUT2D eigenvalue weighted by Gasteiger charge is 2.09. The van der Waals surface area contributed by atoms with Gasteiger partial charge in [-0.1, -0.05) is 37.2 Å². The van der Waals surface area contributed by atoms with E-state index < -0.39 is 5.82 Å². The highest BCUT2D eigenvalue weighted by molar-refractivity contribution is 5.56. The maximum Gasteiger partial charge on any atom is 0.347 e. The minimum absolute atomic E-state index is 0.0689.